The minimum Gasteiger partial charge on any atom is -0.507 e. The van der Waals surface area contributed by atoms with Gasteiger partial charge < -0.3 is 10.2 Å². The average Bonchev–Trinajstić information content (AvgIpc) is 2.96. The molecule has 0 unspecified atom stereocenters. The lowest BCUT2D eigenvalue weighted by Crippen LogP contribution is -2.15. The van der Waals surface area contributed by atoms with Crippen LogP contribution in [-0.2, 0) is 17.4 Å². The third-order valence-electron chi connectivity index (χ3n) is 3.61. The highest BCUT2D eigenvalue weighted by molar-refractivity contribution is 5.51. The quantitative estimate of drug-likeness (QED) is 0.824. The summed E-state index contributed by atoms with van der Waals surface area (Å²) in [6.07, 6.45) is 2.45. The van der Waals surface area contributed by atoms with Crippen LogP contribution < -0.4 is 0 Å². The van der Waals surface area contributed by atoms with Crippen molar-refractivity contribution >= 4 is 0 Å². The minimum absolute atomic E-state index is 0.102. The molecule has 2 heteroatoms. The zero-order valence-electron chi connectivity index (χ0n) is 11.2. The van der Waals surface area contributed by atoms with E-state index in [0.29, 0.717) is 0 Å². The molecule has 0 radical (unpaired) electrons. The summed E-state index contributed by atoms with van der Waals surface area (Å²) >= 11 is 0. The minimum atomic E-state index is -0.769. The van der Waals surface area contributed by atoms with Gasteiger partial charge in [0.15, 0.2) is 0 Å². The van der Waals surface area contributed by atoms with Gasteiger partial charge in [0.05, 0.1) is 5.60 Å². The van der Waals surface area contributed by atoms with Crippen molar-refractivity contribution in [1.82, 2.24) is 0 Å². The lowest BCUT2D eigenvalue weighted by molar-refractivity contribution is 0.147. The van der Waals surface area contributed by atoms with Gasteiger partial charge in [0.2, 0.25) is 0 Å². The number of aryl methyl sites for hydroxylation is 1. The standard InChI is InChI=1S/C15H22O2/c1-5-10-8-11(14(2,3)4)13(16)12(9-10)15(17)6-7-15/h8-9,16-17H,5-7H2,1-4H3. The summed E-state index contributed by atoms with van der Waals surface area (Å²) in [5, 5.41) is 20.6. The van der Waals surface area contributed by atoms with E-state index < -0.39 is 5.60 Å². The molecule has 0 heterocycles. The Bertz CT molecular complexity index is 410. The Balaban J connectivity index is 2.60. The zero-order valence-corrected chi connectivity index (χ0v) is 11.2. The molecule has 17 heavy (non-hydrogen) atoms. The monoisotopic (exact) mass is 234 g/mol. The molecule has 1 aliphatic carbocycles. The molecule has 2 N–H and O–H groups in total. The number of rotatable bonds is 2. The van der Waals surface area contributed by atoms with Crippen molar-refractivity contribution in [2.24, 2.45) is 0 Å². The molecular weight excluding hydrogens is 212 g/mol. The number of aliphatic hydroxyl groups is 1. The summed E-state index contributed by atoms with van der Waals surface area (Å²) in [6, 6.07) is 4.02. The van der Waals surface area contributed by atoms with E-state index in [2.05, 4.69) is 33.8 Å². The molecule has 0 bridgehead atoms. The lowest BCUT2D eigenvalue weighted by Gasteiger charge is -2.24. The van der Waals surface area contributed by atoms with Gasteiger partial charge in [0.25, 0.3) is 0 Å². The van der Waals surface area contributed by atoms with E-state index in [1.165, 1.54) is 5.56 Å². The maximum Gasteiger partial charge on any atom is 0.125 e. The van der Waals surface area contributed by atoms with Crippen molar-refractivity contribution in [2.75, 3.05) is 0 Å². The molecule has 94 valence electrons. The Morgan fingerprint density at radius 1 is 1.24 bits per heavy atom. The van der Waals surface area contributed by atoms with E-state index in [9.17, 15) is 10.2 Å². The summed E-state index contributed by atoms with van der Waals surface area (Å²) in [5.41, 5.74) is 1.97. The second-order valence-electron chi connectivity index (χ2n) is 6.17. The van der Waals surface area contributed by atoms with E-state index in [0.717, 1.165) is 30.4 Å². The Labute approximate surface area is 103 Å². The fourth-order valence-corrected chi connectivity index (χ4v) is 2.21. The van der Waals surface area contributed by atoms with Crippen molar-refractivity contribution in [3.8, 4) is 5.75 Å². The molecule has 0 amide bonds. The molecule has 0 spiro atoms. The van der Waals surface area contributed by atoms with Crippen LogP contribution in [0, 0.1) is 0 Å². The Morgan fingerprint density at radius 3 is 2.24 bits per heavy atom. The molecule has 1 saturated carbocycles. The van der Waals surface area contributed by atoms with E-state index in [-0.39, 0.29) is 11.2 Å². The van der Waals surface area contributed by atoms with E-state index in [1.54, 1.807) is 0 Å². The lowest BCUT2D eigenvalue weighted by atomic mass is 9.82. The molecule has 0 aromatic heterocycles. The van der Waals surface area contributed by atoms with E-state index in [1.807, 2.05) is 6.07 Å². The van der Waals surface area contributed by atoms with Gasteiger partial charge in [-0.15, -0.1) is 0 Å². The van der Waals surface area contributed by atoms with Crippen LogP contribution in [0.15, 0.2) is 12.1 Å². The highest BCUT2D eigenvalue weighted by atomic mass is 16.3. The maximum atomic E-state index is 10.4. The first-order valence-electron chi connectivity index (χ1n) is 6.37. The van der Waals surface area contributed by atoms with Crippen LogP contribution in [0.2, 0.25) is 0 Å². The number of aromatic hydroxyl groups is 1. The smallest absolute Gasteiger partial charge is 0.125 e. The molecule has 2 nitrogen and oxygen atoms in total. The predicted molar refractivity (Wildman–Crippen MR) is 69.3 cm³/mol. The van der Waals surface area contributed by atoms with Gasteiger partial charge in [-0.25, -0.2) is 0 Å². The second-order valence-corrected chi connectivity index (χ2v) is 6.17. The van der Waals surface area contributed by atoms with E-state index in [4.69, 9.17) is 0 Å². The number of phenolic OH excluding ortho intramolecular Hbond substituents is 1. The van der Waals surface area contributed by atoms with Crippen molar-refractivity contribution in [3.63, 3.8) is 0 Å². The first kappa shape index (κ1) is 12.4. The molecular formula is C15H22O2. The SMILES string of the molecule is CCc1cc(C(C)(C)C)c(O)c(C2(O)CC2)c1. The molecule has 0 saturated heterocycles. The first-order valence-corrected chi connectivity index (χ1v) is 6.37. The third-order valence-corrected chi connectivity index (χ3v) is 3.61. The fourth-order valence-electron chi connectivity index (χ4n) is 2.21. The van der Waals surface area contributed by atoms with Gasteiger partial charge >= 0.3 is 0 Å². The average molecular weight is 234 g/mol. The molecule has 1 aromatic rings. The van der Waals surface area contributed by atoms with Crippen LogP contribution in [0.25, 0.3) is 0 Å². The Kier molecular flexibility index (Phi) is 2.74. The Morgan fingerprint density at radius 2 is 1.82 bits per heavy atom. The summed E-state index contributed by atoms with van der Waals surface area (Å²) < 4.78 is 0. The van der Waals surface area contributed by atoms with Gasteiger partial charge in [-0.3, -0.25) is 0 Å². The van der Waals surface area contributed by atoms with Crippen LogP contribution in [0.5, 0.6) is 5.75 Å². The third kappa shape index (κ3) is 2.19. The Hall–Kier alpha value is -1.02. The van der Waals surface area contributed by atoms with Crippen molar-refractivity contribution < 1.29 is 10.2 Å². The van der Waals surface area contributed by atoms with Gasteiger partial charge in [-0.05, 0) is 41.9 Å². The highest BCUT2D eigenvalue weighted by Crippen LogP contribution is 2.51. The summed E-state index contributed by atoms with van der Waals surface area (Å²) in [6.45, 7) is 8.35. The number of benzene rings is 1. The van der Waals surface area contributed by atoms with Gasteiger partial charge in [-0.1, -0.05) is 33.8 Å². The van der Waals surface area contributed by atoms with Crippen molar-refractivity contribution in [3.05, 3.63) is 28.8 Å². The normalized spacial score (nSPS) is 18.2. The first-order chi connectivity index (χ1) is 7.78. The zero-order chi connectivity index (χ0) is 12.8. The predicted octanol–water partition coefficient (Wildman–Crippen LogP) is 3.23. The van der Waals surface area contributed by atoms with Crippen molar-refractivity contribution in [1.29, 1.82) is 0 Å². The molecule has 2 rings (SSSR count). The molecule has 1 fully saturated rings. The second kappa shape index (κ2) is 3.74. The number of hydrogen-bond donors (Lipinski definition) is 2. The summed E-state index contributed by atoms with van der Waals surface area (Å²) in [5.74, 6) is 0.287. The highest BCUT2D eigenvalue weighted by Gasteiger charge is 2.45. The van der Waals surface area contributed by atoms with Gasteiger partial charge in [0.1, 0.15) is 5.75 Å². The topological polar surface area (TPSA) is 40.5 Å². The van der Waals surface area contributed by atoms with E-state index >= 15 is 0 Å². The fraction of sp³-hybridized carbons (Fsp3) is 0.600. The van der Waals surface area contributed by atoms with Gasteiger partial charge in [0, 0.05) is 5.56 Å². The van der Waals surface area contributed by atoms with Crippen LogP contribution in [0.4, 0.5) is 0 Å². The largest absolute Gasteiger partial charge is 0.507 e. The van der Waals surface area contributed by atoms with Crippen LogP contribution in [0.3, 0.4) is 0 Å². The van der Waals surface area contributed by atoms with Crippen molar-refractivity contribution in [2.45, 2.75) is 58.0 Å². The van der Waals surface area contributed by atoms with Crippen LogP contribution in [0.1, 0.15) is 57.2 Å². The van der Waals surface area contributed by atoms with Crippen LogP contribution >= 0.6 is 0 Å². The number of hydrogen-bond acceptors (Lipinski definition) is 2. The molecule has 1 aliphatic rings. The maximum absolute atomic E-state index is 10.4. The molecule has 1 aromatic carbocycles. The van der Waals surface area contributed by atoms with Gasteiger partial charge in [-0.2, -0.15) is 0 Å². The summed E-state index contributed by atoms with van der Waals surface area (Å²) in [4.78, 5) is 0. The molecule has 0 atom stereocenters. The van der Waals surface area contributed by atoms with Crippen LogP contribution in [-0.4, -0.2) is 10.2 Å². The summed E-state index contributed by atoms with van der Waals surface area (Å²) in [7, 11) is 0. The molecule has 0 aliphatic heterocycles. The number of phenols is 1.